The first kappa shape index (κ1) is 25.3. The van der Waals surface area contributed by atoms with Crippen molar-refractivity contribution in [3.63, 3.8) is 0 Å². The molecule has 1 rings (SSSR count). The van der Waals surface area contributed by atoms with E-state index in [-0.39, 0.29) is 24.3 Å². The first-order valence-corrected chi connectivity index (χ1v) is 9.53. The van der Waals surface area contributed by atoms with Crippen molar-refractivity contribution >= 4 is 17.9 Å². The highest BCUT2D eigenvalue weighted by Gasteiger charge is 2.16. The monoisotopic (exact) mass is 394 g/mol. The number of ether oxygens (including phenoxy) is 2. The Morgan fingerprint density at radius 2 is 1.46 bits per heavy atom. The maximum absolute atomic E-state index is 11.8. The van der Waals surface area contributed by atoms with Crippen LogP contribution in [-0.2, 0) is 14.3 Å². The summed E-state index contributed by atoms with van der Waals surface area (Å²) in [5.41, 5.74) is -0.0782. The summed E-state index contributed by atoms with van der Waals surface area (Å²) in [6.07, 6.45) is 2.11. The zero-order valence-electron chi connectivity index (χ0n) is 17.0. The zero-order valence-corrected chi connectivity index (χ0v) is 17.0. The van der Waals surface area contributed by atoms with E-state index >= 15 is 0 Å². The number of esters is 2. The number of carbonyl (C=O) groups excluding carboxylic acids is 2. The maximum Gasteiger partial charge on any atom is 0.339 e. The van der Waals surface area contributed by atoms with Gasteiger partial charge in [0.1, 0.15) is 0 Å². The molecule has 7 nitrogen and oxygen atoms in total. The van der Waals surface area contributed by atoms with E-state index in [0.29, 0.717) is 12.8 Å². The number of nitrogens with one attached hydrogen (secondary N) is 1. The Kier molecular flexibility index (Phi) is 13.9. The number of rotatable bonds is 11. The highest BCUT2D eigenvalue weighted by atomic mass is 16.5. The second-order valence-corrected chi connectivity index (χ2v) is 5.88. The van der Waals surface area contributed by atoms with Gasteiger partial charge < -0.3 is 19.5 Å². The summed E-state index contributed by atoms with van der Waals surface area (Å²) in [6, 6.07) is 5.84. The number of benzene rings is 1. The smallest absolute Gasteiger partial charge is 0.339 e. The molecule has 0 radical (unpaired) electrons. The molecule has 2 N–H and O–H groups in total. The summed E-state index contributed by atoms with van der Waals surface area (Å²) in [6.45, 7) is 14.1. The first-order chi connectivity index (χ1) is 13.4. The van der Waals surface area contributed by atoms with Crippen LogP contribution in [0.3, 0.4) is 0 Å². The topological polar surface area (TPSA) is 94.3 Å². The van der Waals surface area contributed by atoms with Crippen molar-refractivity contribution in [2.24, 2.45) is 0 Å². The Balaban J connectivity index is 0.000000887. The van der Waals surface area contributed by atoms with Crippen LogP contribution in [0.25, 0.3) is 0 Å². The second kappa shape index (κ2) is 15.4. The van der Waals surface area contributed by atoms with Crippen molar-refractivity contribution in [1.29, 1.82) is 0 Å². The zero-order chi connectivity index (χ0) is 21.4. The summed E-state index contributed by atoms with van der Waals surface area (Å²) in [5.74, 6) is -2.36. The Bertz CT molecular complexity index is 620. The van der Waals surface area contributed by atoms with Gasteiger partial charge in [0.05, 0.1) is 44.0 Å². The number of hydrogen-bond donors (Lipinski definition) is 2. The normalized spacial score (nSPS) is 9.86. The first-order valence-electron chi connectivity index (χ1n) is 9.53. The molecule has 0 aliphatic heterocycles. The third-order valence-electron chi connectivity index (χ3n) is 4.06. The highest BCUT2D eigenvalue weighted by molar-refractivity contribution is 6.02. The van der Waals surface area contributed by atoms with Crippen LogP contribution in [0.15, 0.2) is 36.9 Å². The van der Waals surface area contributed by atoms with Gasteiger partial charge in [-0.15, -0.1) is 0 Å². The van der Waals surface area contributed by atoms with Gasteiger partial charge in [0, 0.05) is 6.08 Å². The van der Waals surface area contributed by atoms with E-state index in [1.165, 1.54) is 37.8 Å². The summed E-state index contributed by atoms with van der Waals surface area (Å²) in [7, 11) is 0. The molecule has 0 bridgehead atoms. The third-order valence-corrected chi connectivity index (χ3v) is 4.06. The molecule has 28 heavy (non-hydrogen) atoms. The SMILES string of the molecule is C=CC(=O)OCCCCOC(=O)c1ccccc1C(=O)O.CC[NH+](CC)CC. The number of carboxylic acid groups (broad SMARTS) is 1. The van der Waals surface area contributed by atoms with Crippen LogP contribution in [0.4, 0.5) is 0 Å². The van der Waals surface area contributed by atoms with E-state index in [4.69, 9.17) is 14.6 Å². The lowest BCUT2D eigenvalue weighted by molar-refractivity contribution is -0.894. The molecule has 0 amide bonds. The average Bonchev–Trinajstić information content (AvgIpc) is 2.71. The van der Waals surface area contributed by atoms with Crippen molar-refractivity contribution in [3.05, 3.63) is 48.0 Å². The number of unbranched alkanes of at least 4 members (excludes halogenated alkanes) is 1. The Hall–Kier alpha value is -2.67. The Labute approximate surface area is 166 Å². The molecule has 0 aromatic heterocycles. The molecular formula is C21H32NO6+. The lowest BCUT2D eigenvalue weighted by Crippen LogP contribution is -3.11. The molecular weight excluding hydrogens is 362 g/mol. The van der Waals surface area contributed by atoms with Gasteiger partial charge in [0.2, 0.25) is 0 Å². The minimum Gasteiger partial charge on any atom is -0.478 e. The Morgan fingerprint density at radius 1 is 0.964 bits per heavy atom. The minimum absolute atomic E-state index is 0.0167. The summed E-state index contributed by atoms with van der Waals surface area (Å²) >= 11 is 0. The lowest BCUT2D eigenvalue weighted by Gasteiger charge is -2.10. The largest absolute Gasteiger partial charge is 0.478 e. The predicted molar refractivity (Wildman–Crippen MR) is 107 cm³/mol. The van der Waals surface area contributed by atoms with E-state index in [1.54, 1.807) is 11.0 Å². The molecule has 0 atom stereocenters. The van der Waals surface area contributed by atoms with Gasteiger partial charge in [0.25, 0.3) is 0 Å². The summed E-state index contributed by atoms with van der Waals surface area (Å²) in [4.78, 5) is 35.2. The quantitative estimate of drug-likeness (QED) is 0.339. The molecule has 1 aromatic carbocycles. The summed E-state index contributed by atoms with van der Waals surface area (Å²) < 4.78 is 9.75. The molecule has 0 unspecified atom stereocenters. The standard InChI is InChI=1S/C15H16O6.C6H15N/c1-2-13(16)20-9-5-6-10-21-15(19)12-8-4-3-7-11(12)14(17)18;1-4-7(5-2)6-3/h2-4,7-8H,1,5-6,9-10H2,(H,17,18);4-6H2,1-3H3/p+1. The van der Waals surface area contributed by atoms with E-state index < -0.39 is 17.9 Å². The van der Waals surface area contributed by atoms with Gasteiger partial charge >= 0.3 is 17.9 Å². The fraction of sp³-hybridized carbons (Fsp3) is 0.476. The van der Waals surface area contributed by atoms with Crippen LogP contribution >= 0.6 is 0 Å². The van der Waals surface area contributed by atoms with Crippen molar-refractivity contribution in [2.45, 2.75) is 33.6 Å². The van der Waals surface area contributed by atoms with Crippen molar-refractivity contribution < 1.29 is 33.9 Å². The average molecular weight is 394 g/mol. The third kappa shape index (κ3) is 10.5. The fourth-order valence-corrected chi connectivity index (χ4v) is 2.28. The molecule has 1 aromatic rings. The number of carboxylic acids is 1. The Morgan fingerprint density at radius 3 is 1.89 bits per heavy atom. The molecule has 0 fully saturated rings. The molecule has 0 spiro atoms. The van der Waals surface area contributed by atoms with E-state index in [0.717, 1.165) is 6.08 Å². The number of aromatic carboxylic acids is 1. The van der Waals surface area contributed by atoms with Crippen molar-refractivity contribution in [2.75, 3.05) is 32.8 Å². The predicted octanol–water partition coefficient (Wildman–Crippen LogP) is 1.98. The molecule has 156 valence electrons. The molecule has 0 aliphatic rings. The lowest BCUT2D eigenvalue weighted by atomic mass is 10.1. The second-order valence-electron chi connectivity index (χ2n) is 5.88. The van der Waals surface area contributed by atoms with Crippen LogP contribution in [0.5, 0.6) is 0 Å². The van der Waals surface area contributed by atoms with Crippen molar-refractivity contribution in [3.8, 4) is 0 Å². The summed E-state index contributed by atoms with van der Waals surface area (Å²) in [5, 5.41) is 8.97. The molecule has 0 heterocycles. The van der Waals surface area contributed by atoms with Gasteiger partial charge in [-0.1, -0.05) is 18.7 Å². The van der Waals surface area contributed by atoms with Crippen molar-refractivity contribution in [1.82, 2.24) is 0 Å². The maximum atomic E-state index is 11.8. The van der Waals surface area contributed by atoms with Gasteiger partial charge in [-0.3, -0.25) is 0 Å². The highest BCUT2D eigenvalue weighted by Crippen LogP contribution is 2.10. The molecule has 0 saturated carbocycles. The van der Waals surface area contributed by atoms with Crippen LogP contribution in [0.2, 0.25) is 0 Å². The van der Waals surface area contributed by atoms with Crippen LogP contribution in [0, 0.1) is 0 Å². The van der Waals surface area contributed by atoms with E-state index in [1.807, 2.05) is 0 Å². The molecule has 7 heteroatoms. The molecule has 0 aliphatic carbocycles. The minimum atomic E-state index is -1.18. The van der Waals surface area contributed by atoms with Crippen LogP contribution in [0.1, 0.15) is 54.3 Å². The van der Waals surface area contributed by atoms with Gasteiger partial charge in [-0.25, -0.2) is 14.4 Å². The van der Waals surface area contributed by atoms with Gasteiger partial charge in [-0.2, -0.15) is 0 Å². The number of quaternary nitrogens is 1. The van der Waals surface area contributed by atoms with Crippen LogP contribution in [-0.4, -0.2) is 55.9 Å². The van der Waals surface area contributed by atoms with Gasteiger partial charge in [-0.05, 0) is 45.7 Å². The van der Waals surface area contributed by atoms with E-state index in [2.05, 4.69) is 27.4 Å². The van der Waals surface area contributed by atoms with E-state index in [9.17, 15) is 14.4 Å². The number of carbonyl (C=O) groups is 3. The fourth-order valence-electron chi connectivity index (χ4n) is 2.28. The number of hydrogen-bond acceptors (Lipinski definition) is 5. The van der Waals surface area contributed by atoms with Gasteiger partial charge in [0.15, 0.2) is 0 Å². The van der Waals surface area contributed by atoms with Crippen LogP contribution < -0.4 is 4.90 Å². The molecule has 0 saturated heterocycles.